The molecule has 3 amide bonds. The molecule has 31 heavy (non-hydrogen) atoms. The predicted molar refractivity (Wildman–Crippen MR) is 112 cm³/mol. The number of carbonyl (C=O) groups is 4. The van der Waals surface area contributed by atoms with Crippen molar-refractivity contribution in [3.8, 4) is 0 Å². The maximum atomic E-state index is 12.5. The lowest BCUT2D eigenvalue weighted by atomic mass is 10.1. The number of amides is 3. The standard InChI is InChI=1S/C17H34N8O6/c18-6-2-1-4-10(19)14(28)25-11(5-3-7-22-17(20)21)15(29)23-8-13(27)24-12(9-26)16(30)31/h10-12,26H,1-9,18-19H2,(H,23,29)(H,24,27)(H,25,28)(H,30,31)(H4,20,21,22). The van der Waals surface area contributed by atoms with Crippen LogP contribution in [0.15, 0.2) is 4.99 Å². The molecule has 0 saturated carbocycles. The molecule has 0 aliphatic rings. The number of nitrogens with two attached hydrogens (primary N) is 4. The van der Waals surface area contributed by atoms with Crippen LogP contribution < -0.4 is 38.9 Å². The Morgan fingerprint density at radius 1 is 0.935 bits per heavy atom. The molecule has 14 nitrogen and oxygen atoms in total. The van der Waals surface area contributed by atoms with Gasteiger partial charge < -0.3 is 49.1 Å². The van der Waals surface area contributed by atoms with Crippen LogP contribution in [0.4, 0.5) is 0 Å². The van der Waals surface area contributed by atoms with Crippen LogP contribution in [-0.4, -0.2) is 84.2 Å². The van der Waals surface area contributed by atoms with E-state index in [4.69, 9.17) is 33.1 Å². The zero-order valence-corrected chi connectivity index (χ0v) is 17.4. The van der Waals surface area contributed by atoms with Gasteiger partial charge in [0.05, 0.1) is 19.2 Å². The first-order chi connectivity index (χ1) is 14.6. The van der Waals surface area contributed by atoms with E-state index >= 15 is 0 Å². The molecule has 178 valence electrons. The molecule has 0 rings (SSSR count). The first-order valence-corrected chi connectivity index (χ1v) is 9.84. The Kier molecular flexibility index (Phi) is 14.3. The largest absolute Gasteiger partial charge is 0.480 e. The third-order valence-corrected chi connectivity index (χ3v) is 4.12. The molecule has 0 radical (unpaired) electrons. The molecule has 3 atom stereocenters. The van der Waals surface area contributed by atoms with E-state index in [1.54, 1.807) is 0 Å². The van der Waals surface area contributed by atoms with Crippen LogP contribution in [0.3, 0.4) is 0 Å². The number of aliphatic hydroxyl groups excluding tert-OH is 1. The first kappa shape index (κ1) is 28.0. The molecule has 0 heterocycles. The number of aliphatic hydroxyl groups is 1. The van der Waals surface area contributed by atoms with Crippen LogP contribution in [-0.2, 0) is 19.2 Å². The average molecular weight is 447 g/mol. The summed E-state index contributed by atoms with van der Waals surface area (Å²) in [6.45, 7) is -0.654. The highest BCUT2D eigenvalue weighted by Crippen LogP contribution is 2.02. The molecule has 0 bridgehead atoms. The molecule has 0 fully saturated rings. The predicted octanol–water partition coefficient (Wildman–Crippen LogP) is -4.34. The number of nitrogens with one attached hydrogen (secondary N) is 3. The lowest BCUT2D eigenvalue weighted by Crippen LogP contribution is -2.53. The lowest BCUT2D eigenvalue weighted by molar-refractivity contribution is -0.142. The van der Waals surface area contributed by atoms with Gasteiger partial charge in [-0.05, 0) is 32.2 Å². The van der Waals surface area contributed by atoms with E-state index in [-0.39, 0.29) is 18.9 Å². The van der Waals surface area contributed by atoms with Crippen LogP contribution >= 0.6 is 0 Å². The average Bonchev–Trinajstić information content (AvgIpc) is 2.71. The van der Waals surface area contributed by atoms with Crippen molar-refractivity contribution in [1.29, 1.82) is 0 Å². The zero-order valence-electron chi connectivity index (χ0n) is 17.4. The van der Waals surface area contributed by atoms with Crippen molar-refractivity contribution in [2.75, 3.05) is 26.2 Å². The highest BCUT2D eigenvalue weighted by atomic mass is 16.4. The highest BCUT2D eigenvalue weighted by Gasteiger charge is 2.24. The van der Waals surface area contributed by atoms with Gasteiger partial charge in [0.25, 0.3) is 0 Å². The summed E-state index contributed by atoms with van der Waals surface area (Å²) < 4.78 is 0. The zero-order chi connectivity index (χ0) is 23.8. The minimum Gasteiger partial charge on any atom is -0.480 e. The fourth-order valence-corrected chi connectivity index (χ4v) is 2.41. The van der Waals surface area contributed by atoms with Crippen LogP contribution in [0, 0.1) is 0 Å². The number of rotatable bonds is 16. The van der Waals surface area contributed by atoms with Crippen LogP contribution in [0.2, 0.25) is 0 Å². The van der Waals surface area contributed by atoms with Crippen LogP contribution in [0.5, 0.6) is 0 Å². The summed E-state index contributed by atoms with van der Waals surface area (Å²) >= 11 is 0. The van der Waals surface area contributed by atoms with Gasteiger partial charge in [-0.25, -0.2) is 4.79 Å². The number of nitrogens with zero attached hydrogens (tertiary/aromatic N) is 1. The normalized spacial score (nSPS) is 13.4. The third kappa shape index (κ3) is 13.0. The van der Waals surface area contributed by atoms with E-state index in [9.17, 15) is 19.2 Å². The summed E-state index contributed by atoms with van der Waals surface area (Å²) in [4.78, 5) is 51.2. The van der Waals surface area contributed by atoms with E-state index in [0.717, 1.165) is 0 Å². The Labute approximate surface area is 180 Å². The van der Waals surface area contributed by atoms with Crippen molar-refractivity contribution in [1.82, 2.24) is 16.0 Å². The molecule has 0 aromatic heterocycles. The number of aliphatic carboxylic acids is 1. The van der Waals surface area contributed by atoms with E-state index in [2.05, 4.69) is 15.6 Å². The number of aliphatic imine (C=N–C) groups is 1. The van der Waals surface area contributed by atoms with Crippen molar-refractivity contribution in [3.05, 3.63) is 0 Å². The molecule has 0 aromatic rings. The number of carboxylic acid groups (broad SMARTS) is 1. The van der Waals surface area contributed by atoms with Gasteiger partial charge in [0.2, 0.25) is 17.7 Å². The highest BCUT2D eigenvalue weighted by molar-refractivity contribution is 5.92. The smallest absolute Gasteiger partial charge is 0.328 e. The Morgan fingerprint density at radius 3 is 2.16 bits per heavy atom. The number of hydrogen-bond acceptors (Lipinski definition) is 8. The van der Waals surface area contributed by atoms with Crippen molar-refractivity contribution in [3.63, 3.8) is 0 Å². The van der Waals surface area contributed by atoms with Crippen molar-refractivity contribution >= 4 is 29.7 Å². The molecule has 14 heteroatoms. The maximum absolute atomic E-state index is 12.5. The summed E-state index contributed by atoms with van der Waals surface area (Å²) in [7, 11) is 0. The number of carbonyl (C=O) groups excluding carboxylic acids is 3. The summed E-state index contributed by atoms with van der Waals surface area (Å²) in [6, 6.07) is -3.34. The molecule has 0 aliphatic carbocycles. The fourth-order valence-electron chi connectivity index (χ4n) is 2.41. The number of hydrogen-bond donors (Lipinski definition) is 9. The maximum Gasteiger partial charge on any atom is 0.328 e. The van der Waals surface area contributed by atoms with E-state index in [1.165, 1.54) is 0 Å². The van der Waals surface area contributed by atoms with Gasteiger partial charge in [0.1, 0.15) is 12.1 Å². The first-order valence-electron chi connectivity index (χ1n) is 9.84. The Balaban J connectivity index is 4.87. The van der Waals surface area contributed by atoms with Gasteiger partial charge in [-0.15, -0.1) is 0 Å². The molecular formula is C17H34N8O6. The lowest BCUT2D eigenvalue weighted by Gasteiger charge is -2.21. The third-order valence-electron chi connectivity index (χ3n) is 4.12. The van der Waals surface area contributed by atoms with Gasteiger partial charge in [-0.3, -0.25) is 19.4 Å². The minimum absolute atomic E-state index is 0.111. The van der Waals surface area contributed by atoms with Crippen LogP contribution in [0.1, 0.15) is 32.1 Å². The summed E-state index contributed by atoms with van der Waals surface area (Å²) in [5.74, 6) is -3.55. The second kappa shape index (κ2) is 15.8. The molecule has 0 aromatic carbocycles. The van der Waals surface area contributed by atoms with E-state index in [1.807, 2.05) is 5.32 Å². The molecular weight excluding hydrogens is 412 g/mol. The fraction of sp³-hybridized carbons (Fsp3) is 0.706. The monoisotopic (exact) mass is 446 g/mol. The number of carboxylic acids is 1. The number of unbranched alkanes of at least 4 members (excludes halogenated alkanes) is 1. The Hall–Kier alpha value is -2.97. The van der Waals surface area contributed by atoms with E-state index < -0.39 is 55.0 Å². The molecule has 0 spiro atoms. The van der Waals surface area contributed by atoms with Crippen molar-refractivity contribution in [2.45, 2.75) is 50.2 Å². The summed E-state index contributed by atoms with van der Waals surface area (Å²) in [5.41, 5.74) is 21.8. The summed E-state index contributed by atoms with van der Waals surface area (Å²) in [6.07, 6.45) is 2.29. The quantitative estimate of drug-likeness (QED) is 0.0624. The molecule has 0 saturated heterocycles. The van der Waals surface area contributed by atoms with Gasteiger partial charge in [-0.1, -0.05) is 6.42 Å². The van der Waals surface area contributed by atoms with E-state index in [0.29, 0.717) is 32.2 Å². The molecule has 3 unspecified atom stereocenters. The Bertz CT molecular complexity index is 626. The second-order valence-electron chi connectivity index (χ2n) is 6.76. The number of guanidine groups is 1. The van der Waals surface area contributed by atoms with Gasteiger partial charge in [-0.2, -0.15) is 0 Å². The van der Waals surface area contributed by atoms with Gasteiger partial charge >= 0.3 is 5.97 Å². The molecule has 0 aliphatic heterocycles. The Morgan fingerprint density at radius 2 is 1.61 bits per heavy atom. The molecule has 13 N–H and O–H groups in total. The topological polar surface area (TPSA) is 261 Å². The van der Waals surface area contributed by atoms with Gasteiger partial charge in [0.15, 0.2) is 5.96 Å². The van der Waals surface area contributed by atoms with Crippen molar-refractivity contribution in [2.24, 2.45) is 27.9 Å². The van der Waals surface area contributed by atoms with Crippen molar-refractivity contribution < 1.29 is 29.4 Å². The van der Waals surface area contributed by atoms with Gasteiger partial charge in [0, 0.05) is 6.54 Å². The minimum atomic E-state index is -1.49. The SMILES string of the molecule is NCCCCC(N)C(=O)NC(CCCN=C(N)N)C(=O)NCC(=O)NC(CO)C(=O)O. The summed E-state index contributed by atoms with van der Waals surface area (Å²) in [5, 5.41) is 24.6. The van der Waals surface area contributed by atoms with Crippen LogP contribution in [0.25, 0.3) is 0 Å². The second-order valence-corrected chi connectivity index (χ2v) is 6.76.